The molecule has 0 bridgehead atoms. The highest BCUT2D eigenvalue weighted by Gasteiger charge is 2.67. The Kier molecular flexibility index (Phi) is 3.31. The van der Waals surface area contributed by atoms with Gasteiger partial charge in [0.2, 0.25) is 0 Å². The third-order valence-corrected chi connectivity index (χ3v) is 9.30. The minimum Gasteiger partial charge on any atom is -0.393 e. The normalized spacial score (nSPS) is 60.6. The van der Waals surface area contributed by atoms with E-state index in [-0.39, 0.29) is 16.9 Å². The van der Waals surface area contributed by atoms with Gasteiger partial charge in [0.05, 0.1) is 24.9 Å². The molecule has 1 heterocycles. The Morgan fingerprint density at radius 2 is 1.72 bits per heavy atom. The molecule has 8 atom stereocenters. The second kappa shape index (κ2) is 5.21. The first-order valence-electron chi connectivity index (χ1n) is 10.9. The molecule has 0 aromatic carbocycles. The zero-order chi connectivity index (χ0) is 18.4. The first-order valence-corrected chi connectivity index (χ1v) is 10.3. The van der Waals surface area contributed by atoms with Crippen LogP contribution in [-0.2, 0) is 9.47 Å². The van der Waals surface area contributed by atoms with E-state index in [0.29, 0.717) is 37.4 Å². The largest absolute Gasteiger partial charge is 0.393 e. The summed E-state index contributed by atoms with van der Waals surface area (Å²) in [5.74, 6) is 0.738. The predicted octanol–water partition coefficient (Wildman–Crippen LogP) is 3.25. The Hall–Kier alpha value is -0.160. The van der Waals surface area contributed by atoms with Crippen molar-refractivity contribution in [1.82, 2.24) is 0 Å². The van der Waals surface area contributed by atoms with Crippen molar-refractivity contribution in [2.75, 3.05) is 13.2 Å². The van der Waals surface area contributed by atoms with Crippen LogP contribution in [0.25, 0.3) is 0 Å². The van der Waals surface area contributed by atoms with Crippen LogP contribution in [0.3, 0.4) is 0 Å². The molecule has 5 fully saturated rings. The number of aliphatic hydroxyl groups is 2. The van der Waals surface area contributed by atoms with Gasteiger partial charge in [0.25, 0.3) is 0 Å². The summed E-state index contributed by atoms with van der Waals surface area (Å²) in [5.41, 5.74) is -1.28. The van der Waals surface area contributed by atoms with E-state index in [0.717, 1.165) is 44.9 Å². The van der Waals surface area contributed by atoms with Gasteiger partial charge in [-0.05, 0) is 73.5 Å². The molecule has 142 valence electrons. The minimum atomic E-state index is -1.04. The molecule has 4 heteroatoms. The summed E-state index contributed by atoms with van der Waals surface area (Å²) in [7, 11) is 0. The highest BCUT2D eigenvalue weighted by atomic mass is 16.7. The maximum absolute atomic E-state index is 11.8. The maximum Gasteiger partial charge on any atom is 0.171 e. The average molecular weight is 353 g/mol. The van der Waals surface area contributed by atoms with Gasteiger partial charge in [-0.15, -0.1) is 0 Å². The van der Waals surface area contributed by atoms with E-state index in [2.05, 4.69) is 13.8 Å². The van der Waals surface area contributed by atoms with Crippen LogP contribution in [-0.4, -0.2) is 40.9 Å². The molecule has 4 nitrogen and oxygen atoms in total. The third kappa shape index (κ3) is 2.09. The lowest BCUT2D eigenvalue weighted by molar-refractivity contribution is -0.285. The smallest absolute Gasteiger partial charge is 0.171 e. The van der Waals surface area contributed by atoms with Gasteiger partial charge in [-0.3, -0.25) is 0 Å². The van der Waals surface area contributed by atoms with Crippen LogP contribution in [0.1, 0.15) is 73.0 Å². The molecule has 0 amide bonds. The highest BCUT2D eigenvalue weighted by Crippen LogP contribution is 2.68. The van der Waals surface area contributed by atoms with E-state index in [1.165, 1.54) is 0 Å². The van der Waals surface area contributed by atoms with Crippen LogP contribution in [0.2, 0.25) is 0 Å². The van der Waals surface area contributed by atoms with Crippen LogP contribution in [0.15, 0.2) is 0 Å². The number of fused-ring (bicyclic) bond motifs is 5. The van der Waals surface area contributed by atoms with Crippen molar-refractivity contribution in [1.29, 1.82) is 0 Å². The summed E-state index contributed by atoms with van der Waals surface area (Å²) in [6.07, 6.45) is 6.28. The number of aliphatic hydroxyl groups excluding tert-OH is 1. The standard InChI is InChI=1S/C21H34O4/c1-18-7-6-16-14(15(18)3-4-17(18)22)5-8-20(23)13-21(24-11-12-25-21)10-9-19(16,20)2/h14-17,22-23H,3-13H2,1-2H3/t14?,15?,16?,17-,18-,19+,20+/m0/s1/i8T/t8?,14?,15?,16?,17-,18-,19+,20+. The lowest BCUT2D eigenvalue weighted by Crippen LogP contribution is -2.65. The Balaban J connectivity index is 1.50. The molecular weight excluding hydrogens is 316 g/mol. The Labute approximate surface area is 152 Å². The summed E-state index contributed by atoms with van der Waals surface area (Å²) in [5, 5.41) is 22.4. The summed E-state index contributed by atoms with van der Waals surface area (Å²) in [6, 6.07) is 0. The lowest BCUT2D eigenvalue weighted by Gasteiger charge is -2.64. The maximum atomic E-state index is 11.8. The van der Waals surface area contributed by atoms with Gasteiger partial charge < -0.3 is 19.7 Å². The topological polar surface area (TPSA) is 58.9 Å². The molecule has 1 saturated heterocycles. The zero-order valence-electron chi connectivity index (χ0n) is 16.7. The Morgan fingerprint density at radius 1 is 0.960 bits per heavy atom. The lowest BCUT2D eigenvalue weighted by atomic mass is 9.43. The van der Waals surface area contributed by atoms with Crippen molar-refractivity contribution < 1.29 is 21.1 Å². The molecule has 0 radical (unpaired) electrons. The second-order valence-electron chi connectivity index (χ2n) is 10.1. The van der Waals surface area contributed by atoms with E-state index in [4.69, 9.17) is 10.8 Å². The van der Waals surface area contributed by atoms with Crippen LogP contribution in [0, 0.1) is 28.6 Å². The summed E-state index contributed by atoms with van der Waals surface area (Å²) in [6.45, 7) is 5.70. The molecular formula is C21H34O4. The first kappa shape index (κ1) is 15.9. The van der Waals surface area contributed by atoms with Gasteiger partial charge in [0.1, 0.15) is 0 Å². The van der Waals surface area contributed by atoms with Gasteiger partial charge >= 0.3 is 0 Å². The molecule has 5 rings (SSSR count). The molecule has 4 saturated carbocycles. The van der Waals surface area contributed by atoms with Gasteiger partial charge in [0.15, 0.2) is 5.79 Å². The van der Waals surface area contributed by atoms with E-state index < -0.39 is 17.8 Å². The van der Waals surface area contributed by atoms with Crippen LogP contribution in [0.5, 0.6) is 0 Å². The highest BCUT2D eigenvalue weighted by molar-refractivity contribution is 5.15. The fraction of sp³-hybridized carbons (Fsp3) is 1.00. The molecule has 4 unspecified atom stereocenters. The van der Waals surface area contributed by atoms with E-state index in [9.17, 15) is 10.2 Å². The quantitative estimate of drug-likeness (QED) is 0.703. The zero-order valence-corrected chi connectivity index (χ0v) is 15.7. The number of hydrogen-bond acceptors (Lipinski definition) is 4. The molecule has 1 spiro atoms. The third-order valence-electron chi connectivity index (χ3n) is 9.30. The molecule has 2 N–H and O–H groups in total. The molecule has 0 aromatic rings. The van der Waals surface area contributed by atoms with Crippen molar-refractivity contribution in [2.45, 2.75) is 89.1 Å². The summed E-state index contributed by atoms with van der Waals surface area (Å²) >= 11 is 0. The number of hydrogen-bond donors (Lipinski definition) is 2. The van der Waals surface area contributed by atoms with Crippen molar-refractivity contribution in [3.05, 3.63) is 0 Å². The van der Waals surface area contributed by atoms with Crippen LogP contribution < -0.4 is 0 Å². The molecule has 4 aliphatic carbocycles. The predicted molar refractivity (Wildman–Crippen MR) is 93.8 cm³/mol. The second-order valence-corrected chi connectivity index (χ2v) is 10.1. The van der Waals surface area contributed by atoms with E-state index in [1.54, 1.807) is 0 Å². The van der Waals surface area contributed by atoms with Gasteiger partial charge in [-0.2, -0.15) is 0 Å². The average Bonchev–Trinajstić information content (AvgIpc) is 3.16. The van der Waals surface area contributed by atoms with Crippen molar-refractivity contribution in [2.24, 2.45) is 28.6 Å². The first-order chi connectivity index (χ1) is 12.2. The van der Waals surface area contributed by atoms with Gasteiger partial charge in [-0.25, -0.2) is 0 Å². The molecule has 0 aromatic heterocycles. The Morgan fingerprint density at radius 3 is 2.48 bits per heavy atom. The van der Waals surface area contributed by atoms with Crippen LogP contribution in [0.4, 0.5) is 0 Å². The summed E-state index contributed by atoms with van der Waals surface area (Å²) in [4.78, 5) is 0. The SMILES string of the molecule is [3H]C1CC2C3CC[C@H](O)[C@@]3(C)CCC2[C@@]2(C)CCC3(C[C@]12O)OCCO3. The van der Waals surface area contributed by atoms with Gasteiger partial charge in [-0.1, -0.05) is 13.8 Å². The van der Waals surface area contributed by atoms with E-state index >= 15 is 0 Å². The number of ether oxygens (including phenoxy) is 2. The molecule has 1 aliphatic heterocycles. The monoisotopic (exact) mass is 352 g/mol. The Bertz CT molecular complexity index is 593. The van der Waals surface area contributed by atoms with E-state index in [1.807, 2.05) is 0 Å². The van der Waals surface area contributed by atoms with Crippen molar-refractivity contribution in [3.8, 4) is 0 Å². The van der Waals surface area contributed by atoms with Crippen molar-refractivity contribution in [3.63, 3.8) is 0 Å². The fourth-order valence-electron chi connectivity index (χ4n) is 7.63. The summed E-state index contributed by atoms with van der Waals surface area (Å²) < 4.78 is 20.8. The van der Waals surface area contributed by atoms with Gasteiger partial charge in [0, 0.05) is 14.2 Å². The fourth-order valence-corrected chi connectivity index (χ4v) is 7.63. The number of rotatable bonds is 0. The molecule has 25 heavy (non-hydrogen) atoms. The van der Waals surface area contributed by atoms with Crippen molar-refractivity contribution >= 4 is 0 Å². The minimum absolute atomic E-state index is 0.0142. The van der Waals surface area contributed by atoms with Crippen LogP contribution >= 0.6 is 0 Å². The molecule has 5 aliphatic rings.